The van der Waals surface area contributed by atoms with Crippen LogP contribution < -0.4 is 4.74 Å². The molecule has 0 aromatic heterocycles. The van der Waals surface area contributed by atoms with Crippen molar-refractivity contribution in [2.24, 2.45) is 0 Å². The molecule has 0 bridgehead atoms. The van der Waals surface area contributed by atoms with Crippen LogP contribution in [0.15, 0.2) is 43.5 Å². The van der Waals surface area contributed by atoms with E-state index in [1.54, 1.807) is 0 Å². The molecule has 2 aromatic rings. The summed E-state index contributed by atoms with van der Waals surface area (Å²) in [6.07, 6.45) is -10.3. The highest BCUT2D eigenvalue weighted by Gasteiger charge is 2.37. The molecule has 0 fully saturated rings. The summed E-state index contributed by atoms with van der Waals surface area (Å²) in [4.78, 5) is 10.5. The average molecular weight is 398 g/mol. The molecule has 2 rings (SSSR count). The minimum atomic E-state index is -5.12. The molecule has 0 N–H and O–H groups in total. The molecule has 0 aliphatic carbocycles. The highest BCUT2D eigenvalue weighted by atomic mass is 19.4. The third-order valence-electron chi connectivity index (χ3n) is 2.97. The second-order valence-electron chi connectivity index (χ2n) is 4.77. The van der Waals surface area contributed by atoms with Crippen molar-refractivity contribution in [1.29, 1.82) is 0 Å². The summed E-state index contributed by atoms with van der Waals surface area (Å²) in [5.74, 6) is -4.57. The van der Waals surface area contributed by atoms with Crippen LogP contribution in [0, 0.1) is 11.6 Å². The van der Waals surface area contributed by atoms with Gasteiger partial charge in [0.1, 0.15) is 11.6 Å². The Morgan fingerprint density at radius 2 is 1.26 bits per heavy atom. The zero-order valence-electron chi connectivity index (χ0n) is 13.2. The molecule has 0 amide bonds. The minimum absolute atomic E-state index is 0.0196. The van der Waals surface area contributed by atoms with Crippen molar-refractivity contribution in [2.45, 2.75) is 12.4 Å². The number of rotatable bonds is 3. The zero-order chi connectivity index (χ0) is 21.0. The fraction of sp³-hybridized carbons (Fsp3) is 0.118. The van der Waals surface area contributed by atoms with Crippen LogP contribution in [0.4, 0.5) is 35.1 Å². The molecular weight excluding hydrogens is 388 g/mol. The van der Waals surface area contributed by atoms with Gasteiger partial charge in [-0.15, -0.1) is 13.2 Å². The number of halogens is 8. The van der Waals surface area contributed by atoms with E-state index in [0.29, 0.717) is 12.1 Å². The quantitative estimate of drug-likeness (QED) is 0.339. The van der Waals surface area contributed by atoms with Crippen LogP contribution in [0.2, 0.25) is 0 Å². The van der Waals surface area contributed by atoms with Gasteiger partial charge in [-0.25, -0.2) is 8.78 Å². The van der Waals surface area contributed by atoms with Crippen LogP contribution in [-0.4, -0.2) is 6.29 Å². The maximum Gasteiger partial charge on any atom is 0.416 e. The Kier molecular flexibility index (Phi) is 6.71. The number of carbonyl (C=O) groups excluding carboxylic acids is 1. The van der Waals surface area contributed by atoms with E-state index in [1.165, 1.54) is 0 Å². The Balaban J connectivity index is 0.00000176. The number of carbonyl (C=O) groups is 1. The van der Waals surface area contributed by atoms with Gasteiger partial charge in [0.2, 0.25) is 0 Å². The van der Waals surface area contributed by atoms with Crippen LogP contribution in [0.25, 0.3) is 0 Å². The molecule has 0 heterocycles. The number of hydrogen-bond acceptors (Lipinski definition) is 2. The van der Waals surface area contributed by atoms with Gasteiger partial charge in [0, 0.05) is 6.07 Å². The first kappa shape index (κ1) is 22.1. The molecule has 0 saturated carbocycles. The fourth-order valence-corrected chi connectivity index (χ4v) is 1.82. The van der Waals surface area contributed by atoms with Gasteiger partial charge >= 0.3 is 12.4 Å². The van der Waals surface area contributed by atoms with Crippen molar-refractivity contribution in [3.8, 4) is 11.5 Å². The van der Waals surface area contributed by atoms with E-state index in [-0.39, 0.29) is 24.5 Å². The summed E-state index contributed by atoms with van der Waals surface area (Å²) in [7, 11) is 0. The molecule has 146 valence electrons. The summed E-state index contributed by atoms with van der Waals surface area (Å²) < 4.78 is 108. The van der Waals surface area contributed by atoms with E-state index in [1.807, 2.05) is 0 Å². The fourth-order valence-electron chi connectivity index (χ4n) is 1.82. The Morgan fingerprint density at radius 1 is 0.778 bits per heavy atom. The number of alkyl halides is 6. The first-order valence-electron chi connectivity index (χ1n) is 6.83. The Hall–Kier alpha value is -2.91. The van der Waals surface area contributed by atoms with E-state index in [9.17, 15) is 39.9 Å². The molecule has 2 aromatic carbocycles. The third kappa shape index (κ3) is 5.53. The maximum absolute atomic E-state index is 13.7. The van der Waals surface area contributed by atoms with Gasteiger partial charge in [-0.1, -0.05) is 0 Å². The Morgan fingerprint density at radius 3 is 1.67 bits per heavy atom. The first-order chi connectivity index (χ1) is 12.4. The van der Waals surface area contributed by atoms with E-state index >= 15 is 0 Å². The average Bonchev–Trinajstić information content (AvgIpc) is 2.58. The smallest absolute Gasteiger partial charge is 0.416 e. The van der Waals surface area contributed by atoms with E-state index in [0.717, 1.165) is 0 Å². The van der Waals surface area contributed by atoms with Crippen molar-refractivity contribution < 1.29 is 44.7 Å². The second kappa shape index (κ2) is 8.19. The molecule has 2 nitrogen and oxygen atoms in total. The van der Waals surface area contributed by atoms with Crippen molar-refractivity contribution in [2.75, 3.05) is 0 Å². The van der Waals surface area contributed by atoms with Crippen LogP contribution >= 0.6 is 0 Å². The summed E-state index contributed by atoms with van der Waals surface area (Å²) in [5, 5.41) is 0. The van der Waals surface area contributed by atoms with Gasteiger partial charge in [-0.05, 0) is 24.3 Å². The summed E-state index contributed by atoms with van der Waals surface area (Å²) in [5.41, 5.74) is -4.05. The second-order valence-corrected chi connectivity index (χ2v) is 4.77. The number of aldehydes is 1. The largest absolute Gasteiger partial charge is 0.454 e. The lowest BCUT2D eigenvalue weighted by Crippen LogP contribution is -2.11. The van der Waals surface area contributed by atoms with Crippen molar-refractivity contribution in [3.63, 3.8) is 0 Å². The molecule has 0 atom stereocenters. The van der Waals surface area contributed by atoms with Gasteiger partial charge < -0.3 is 4.74 Å². The van der Waals surface area contributed by atoms with Gasteiger partial charge in [0.25, 0.3) is 0 Å². The highest BCUT2D eigenvalue weighted by molar-refractivity contribution is 5.75. The van der Waals surface area contributed by atoms with Gasteiger partial charge in [-0.2, -0.15) is 26.3 Å². The summed E-state index contributed by atoms with van der Waals surface area (Å²) in [6.45, 7) is 6.00. The topological polar surface area (TPSA) is 26.3 Å². The van der Waals surface area contributed by atoms with Crippen molar-refractivity contribution in [3.05, 3.63) is 71.8 Å². The molecule has 0 aliphatic heterocycles. The normalized spacial score (nSPS) is 11.4. The van der Waals surface area contributed by atoms with Crippen molar-refractivity contribution in [1.82, 2.24) is 0 Å². The number of hydrogen-bond donors (Lipinski definition) is 0. The maximum atomic E-state index is 13.7. The highest BCUT2D eigenvalue weighted by Crippen LogP contribution is 2.39. The lowest BCUT2D eigenvalue weighted by Gasteiger charge is -2.15. The van der Waals surface area contributed by atoms with E-state index < -0.39 is 52.2 Å². The molecule has 10 heteroatoms. The van der Waals surface area contributed by atoms with E-state index in [4.69, 9.17) is 0 Å². The number of ether oxygens (including phenoxy) is 1. The lowest BCUT2D eigenvalue weighted by atomic mass is 10.1. The molecule has 0 aliphatic rings. The summed E-state index contributed by atoms with van der Waals surface area (Å²) in [6, 6.07) is 1.02. The van der Waals surface area contributed by atoms with Crippen LogP contribution in [0.1, 0.15) is 21.5 Å². The molecule has 0 saturated heterocycles. The van der Waals surface area contributed by atoms with Gasteiger partial charge in [0.15, 0.2) is 17.9 Å². The van der Waals surface area contributed by atoms with E-state index in [2.05, 4.69) is 17.9 Å². The van der Waals surface area contributed by atoms with Crippen LogP contribution in [0.3, 0.4) is 0 Å². The van der Waals surface area contributed by atoms with Crippen molar-refractivity contribution >= 4 is 6.29 Å². The molecule has 0 unspecified atom stereocenters. The third-order valence-corrected chi connectivity index (χ3v) is 2.97. The predicted molar refractivity (Wildman–Crippen MR) is 79.5 cm³/mol. The van der Waals surface area contributed by atoms with Gasteiger partial charge in [-0.3, -0.25) is 4.79 Å². The SMILES string of the molecule is C=C.O=Cc1cc(F)c(Oc2cc(C(F)(F)F)cc(C(F)(F)F)c2)cc1F. The van der Waals surface area contributed by atoms with Crippen LogP contribution in [-0.2, 0) is 12.4 Å². The lowest BCUT2D eigenvalue weighted by molar-refractivity contribution is -0.143. The zero-order valence-corrected chi connectivity index (χ0v) is 13.2. The predicted octanol–water partition coefficient (Wildman–Crippen LogP) is 6.41. The molecular formula is C17H10F8O2. The Bertz CT molecular complexity index is 793. The molecule has 0 spiro atoms. The monoisotopic (exact) mass is 398 g/mol. The summed E-state index contributed by atoms with van der Waals surface area (Å²) >= 11 is 0. The Labute approximate surface area is 147 Å². The van der Waals surface area contributed by atoms with Gasteiger partial charge in [0.05, 0.1) is 16.7 Å². The number of benzene rings is 2. The first-order valence-corrected chi connectivity index (χ1v) is 6.83. The minimum Gasteiger partial charge on any atom is -0.454 e. The standard InChI is InChI=1S/C15H6F8O2.C2H4/c16-11-5-13(12(17)1-7(11)6-24)25-10-3-8(14(18,19)20)2-9(4-10)15(21,22)23;1-2/h1-6H;1-2H2. The molecule has 0 radical (unpaired) electrons. The van der Waals surface area contributed by atoms with Crippen LogP contribution in [0.5, 0.6) is 11.5 Å². The molecule has 27 heavy (non-hydrogen) atoms.